The van der Waals surface area contributed by atoms with Crippen LogP contribution in [0, 0.1) is 5.92 Å². The number of aromatic nitrogens is 2. The number of hydrogen-bond acceptors (Lipinski definition) is 5. The summed E-state index contributed by atoms with van der Waals surface area (Å²) in [6.07, 6.45) is 3.99. The smallest absolute Gasteiger partial charge is 0.354 e. The van der Waals surface area contributed by atoms with Crippen molar-refractivity contribution in [2.45, 2.75) is 32.4 Å². The predicted molar refractivity (Wildman–Crippen MR) is 95.9 cm³/mol. The summed E-state index contributed by atoms with van der Waals surface area (Å²) in [6.45, 7) is 5.22. The highest BCUT2D eigenvalue weighted by Gasteiger charge is 2.21. The molecule has 1 fully saturated rings. The van der Waals surface area contributed by atoms with E-state index >= 15 is 0 Å². The average Bonchev–Trinajstić information content (AvgIpc) is 2.56. The van der Waals surface area contributed by atoms with E-state index in [4.69, 9.17) is 11.5 Å². The Morgan fingerprint density at radius 1 is 1.21 bits per heavy atom. The van der Waals surface area contributed by atoms with E-state index in [0.717, 1.165) is 25.3 Å². The molecule has 128 valence electrons. The predicted octanol–water partition coefficient (Wildman–Crippen LogP) is 1.37. The molecule has 2 aromatic rings. The zero-order chi connectivity index (χ0) is 17.1. The van der Waals surface area contributed by atoms with Crippen molar-refractivity contribution < 1.29 is 0 Å². The number of nitrogens with zero attached hydrogens (tertiary/aromatic N) is 3. The van der Waals surface area contributed by atoms with Crippen molar-refractivity contribution in [3.63, 3.8) is 0 Å². The second-order valence-corrected chi connectivity index (χ2v) is 6.64. The maximum absolute atomic E-state index is 11.9. The molecule has 0 saturated carbocycles. The third-order valence-corrected chi connectivity index (χ3v) is 4.82. The molecule has 0 radical (unpaired) electrons. The van der Waals surface area contributed by atoms with Gasteiger partial charge in [0.05, 0.1) is 5.69 Å². The lowest BCUT2D eigenvalue weighted by molar-refractivity contribution is 0.166. The van der Waals surface area contributed by atoms with Gasteiger partial charge in [-0.25, -0.2) is 4.79 Å². The minimum atomic E-state index is -0.360. The number of piperidine rings is 1. The van der Waals surface area contributed by atoms with Crippen LogP contribution in [-0.4, -0.2) is 33.6 Å². The molecule has 6 nitrogen and oxygen atoms in total. The molecule has 2 heterocycles. The van der Waals surface area contributed by atoms with E-state index in [1.54, 1.807) is 12.3 Å². The van der Waals surface area contributed by atoms with E-state index in [-0.39, 0.29) is 11.5 Å². The van der Waals surface area contributed by atoms with Crippen LogP contribution in [0.5, 0.6) is 0 Å². The van der Waals surface area contributed by atoms with E-state index in [2.05, 4.69) is 28.9 Å². The lowest BCUT2D eigenvalue weighted by Crippen LogP contribution is -2.39. The quantitative estimate of drug-likeness (QED) is 0.885. The van der Waals surface area contributed by atoms with Crippen molar-refractivity contribution in [2.75, 3.05) is 18.8 Å². The molecular formula is C18H25N5O. The summed E-state index contributed by atoms with van der Waals surface area (Å²) in [5, 5.41) is 0. The number of benzene rings is 1. The van der Waals surface area contributed by atoms with Crippen molar-refractivity contribution in [1.82, 2.24) is 14.5 Å². The fraction of sp³-hybridized carbons (Fsp3) is 0.444. The molecule has 4 N–H and O–H groups in total. The van der Waals surface area contributed by atoms with Crippen molar-refractivity contribution in [1.29, 1.82) is 0 Å². The molecule has 1 unspecified atom stereocenters. The number of likely N-dealkylation sites (tertiary alicyclic amines) is 1. The van der Waals surface area contributed by atoms with E-state index in [1.165, 1.54) is 23.0 Å². The molecule has 1 atom stereocenters. The Balaban J connectivity index is 1.64. The highest BCUT2D eigenvalue weighted by atomic mass is 16.1. The number of nitrogen functional groups attached to an aromatic ring is 1. The molecule has 1 saturated heterocycles. The van der Waals surface area contributed by atoms with Crippen LogP contribution in [0.15, 0.2) is 41.3 Å². The van der Waals surface area contributed by atoms with Gasteiger partial charge in [0, 0.05) is 18.8 Å². The monoisotopic (exact) mass is 327 g/mol. The molecule has 0 aliphatic carbocycles. The van der Waals surface area contributed by atoms with Gasteiger partial charge in [0.25, 0.3) is 0 Å². The summed E-state index contributed by atoms with van der Waals surface area (Å²) in [6, 6.07) is 9.94. The van der Waals surface area contributed by atoms with Gasteiger partial charge >= 0.3 is 5.69 Å². The van der Waals surface area contributed by atoms with Gasteiger partial charge in [-0.05, 0) is 62.5 Å². The van der Waals surface area contributed by atoms with Crippen LogP contribution < -0.4 is 17.2 Å². The second kappa shape index (κ2) is 7.15. The van der Waals surface area contributed by atoms with E-state index < -0.39 is 0 Å². The van der Waals surface area contributed by atoms with Crippen LogP contribution in [0.25, 0.3) is 5.69 Å². The van der Waals surface area contributed by atoms with Crippen LogP contribution in [0.4, 0.5) is 5.82 Å². The molecule has 1 aromatic carbocycles. The first-order valence-electron chi connectivity index (χ1n) is 8.45. The highest BCUT2D eigenvalue weighted by Crippen LogP contribution is 2.21. The third kappa shape index (κ3) is 3.83. The van der Waals surface area contributed by atoms with Crippen LogP contribution in [0.2, 0.25) is 0 Å². The Morgan fingerprint density at radius 2 is 1.88 bits per heavy atom. The fourth-order valence-corrected chi connectivity index (χ4v) is 3.27. The normalized spacial score (nSPS) is 17.8. The maximum Gasteiger partial charge on any atom is 0.354 e. The molecular weight excluding hydrogens is 302 g/mol. The van der Waals surface area contributed by atoms with Gasteiger partial charge in [-0.3, -0.25) is 9.47 Å². The summed E-state index contributed by atoms with van der Waals surface area (Å²) in [4.78, 5) is 18.1. The minimum absolute atomic E-state index is 0.239. The van der Waals surface area contributed by atoms with Crippen LogP contribution in [-0.2, 0) is 6.54 Å². The van der Waals surface area contributed by atoms with Gasteiger partial charge in [-0.15, -0.1) is 0 Å². The Bertz CT molecular complexity index is 730. The summed E-state index contributed by atoms with van der Waals surface area (Å²) in [7, 11) is 0. The van der Waals surface area contributed by atoms with Crippen LogP contribution in [0.3, 0.4) is 0 Å². The lowest BCUT2D eigenvalue weighted by Gasteiger charge is -2.33. The molecule has 0 bridgehead atoms. The number of anilines is 1. The first-order chi connectivity index (χ1) is 11.5. The molecule has 1 aliphatic rings. The standard InChI is InChI=1S/C18H25N5O/c1-13(19)15-6-9-22(10-7-15)12-14-2-4-16(5-3-14)23-11-8-17(20)21-18(23)24/h2-5,8,11,13,15H,6-7,9-10,12,19H2,1H3,(H2,20,21,24). The lowest BCUT2D eigenvalue weighted by atomic mass is 9.91. The topological polar surface area (TPSA) is 90.2 Å². The molecule has 0 spiro atoms. The van der Waals surface area contributed by atoms with Crippen molar-refractivity contribution in [3.05, 3.63) is 52.6 Å². The molecule has 3 rings (SSSR count). The highest BCUT2D eigenvalue weighted by molar-refractivity contribution is 5.36. The number of rotatable bonds is 4. The summed E-state index contributed by atoms with van der Waals surface area (Å²) in [5.74, 6) is 0.886. The zero-order valence-corrected chi connectivity index (χ0v) is 14.1. The second-order valence-electron chi connectivity index (χ2n) is 6.64. The molecule has 6 heteroatoms. The van der Waals surface area contributed by atoms with Crippen LogP contribution in [0.1, 0.15) is 25.3 Å². The van der Waals surface area contributed by atoms with Gasteiger partial charge in [0.15, 0.2) is 0 Å². The van der Waals surface area contributed by atoms with Crippen molar-refractivity contribution >= 4 is 5.82 Å². The molecule has 0 amide bonds. The van der Waals surface area contributed by atoms with E-state index in [9.17, 15) is 4.79 Å². The Kier molecular flexibility index (Phi) is 4.97. The first-order valence-corrected chi connectivity index (χ1v) is 8.45. The fourth-order valence-electron chi connectivity index (χ4n) is 3.27. The molecule has 1 aliphatic heterocycles. The summed E-state index contributed by atoms with van der Waals surface area (Å²) in [5.41, 5.74) is 13.2. The SMILES string of the molecule is CC(N)C1CCN(Cc2ccc(-n3ccc(N)nc3=O)cc2)CC1. The molecule has 24 heavy (non-hydrogen) atoms. The van der Waals surface area contributed by atoms with Gasteiger partial charge in [-0.2, -0.15) is 4.98 Å². The van der Waals surface area contributed by atoms with E-state index in [0.29, 0.717) is 12.0 Å². The average molecular weight is 327 g/mol. The Hall–Kier alpha value is -2.18. The molecule has 1 aromatic heterocycles. The Labute approximate surface area is 142 Å². The zero-order valence-electron chi connectivity index (χ0n) is 14.1. The van der Waals surface area contributed by atoms with E-state index in [1.807, 2.05) is 12.1 Å². The van der Waals surface area contributed by atoms with Gasteiger partial charge < -0.3 is 11.5 Å². The largest absolute Gasteiger partial charge is 0.383 e. The van der Waals surface area contributed by atoms with Gasteiger partial charge in [0.1, 0.15) is 5.82 Å². The van der Waals surface area contributed by atoms with Crippen molar-refractivity contribution in [2.24, 2.45) is 11.7 Å². The van der Waals surface area contributed by atoms with Crippen molar-refractivity contribution in [3.8, 4) is 5.69 Å². The van der Waals surface area contributed by atoms with Gasteiger partial charge in [0.2, 0.25) is 0 Å². The number of hydrogen-bond donors (Lipinski definition) is 2. The third-order valence-electron chi connectivity index (χ3n) is 4.82. The minimum Gasteiger partial charge on any atom is -0.383 e. The Morgan fingerprint density at radius 3 is 2.46 bits per heavy atom. The summed E-state index contributed by atoms with van der Waals surface area (Å²) < 4.78 is 1.49. The number of nitrogens with two attached hydrogens (primary N) is 2. The summed E-state index contributed by atoms with van der Waals surface area (Å²) >= 11 is 0. The first kappa shape index (κ1) is 16.7. The van der Waals surface area contributed by atoms with Crippen LogP contribution >= 0.6 is 0 Å². The maximum atomic E-state index is 11.9. The van der Waals surface area contributed by atoms with Gasteiger partial charge in [-0.1, -0.05) is 12.1 Å².